The maximum Gasteiger partial charge on any atom is 0.128 e. The van der Waals surface area contributed by atoms with Crippen LogP contribution in [0.4, 0.5) is 10.1 Å². The molecule has 3 nitrogen and oxygen atoms in total. The molecule has 4 heteroatoms. The molecule has 0 spiro atoms. The Labute approximate surface area is 120 Å². The van der Waals surface area contributed by atoms with E-state index in [0.29, 0.717) is 12.5 Å². The van der Waals surface area contributed by atoms with Gasteiger partial charge in [0.05, 0.1) is 0 Å². The van der Waals surface area contributed by atoms with Gasteiger partial charge in [0.25, 0.3) is 0 Å². The van der Waals surface area contributed by atoms with Crippen LogP contribution in [-0.4, -0.2) is 32.3 Å². The minimum Gasteiger partial charge on any atom is -0.381 e. The number of nitrogens with two attached hydrogens (primary N) is 1. The fourth-order valence-corrected chi connectivity index (χ4v) is 2.76. The second-order valence-electron chi connectivity index (χ2n) is 5.56. The Hall–Kier alpha value is -1.13. The quantitative estimate of drug-likeness (QED) is 0.901. The van der Waals surface area contributed by atoms with Crippen LogP contribution in [0.5, 0.6) is 0 Å². The van der Waals surface area contributed by atoms with Gasteiger partial charge in [0, 0.05) is 43.6 Å². The summed E-state index contributed by atoms with van der Waals surface area (Å²) >= 11 is 0. The molecule has 112 valence electrons. The molecule has 1 aliphatic rings. The molecule has 1 aromatic rings. The van der Waals surface area contributed by atoms with Crippen LogP contribution in [0.3, 0.4) is 0 Å². The summed E-state index contributed by atoms with van der Waals surface area (Å²) < 4.78 is 19.6. The second kappa shape index (κ2) is 7.04. The number of nitrogens with zero attached hydrogens (tertiary/aromatic N) is 1. The zero-order valence-electron chi connectivity index (χ0n) is 12.4. The zero-order valence-corrected chi connectivity index (χ0v) is 12.4. The van der Waals surface area contributed by atoms with E-state index < -0.39 is 0 Å². The van der Waals surface area contributed by atoms with Crippen LogP contribution in [0.25, 0.3) is 0 Å². The minimum atomic E-state index is -0.148. The van der Waals surface area contributed by atoms with E-state index in [2.05, 4.69) is 4.90 Å². The molecule has 1 saturated heterocycles. The summed E-state index contributed by atoms with van der Waals surface area (Å²) in [6, 6.07) is 5.73. The van der Waals surface area contributed by atoms with Crippen molar-refractivity contribution in [2.75, 3.05) is 25.2 Å². The number of ether oxygens (including phenoxy) is 1. The van der Waals surface area contributed by atoms with Crippen molar-refractivity contribution in [2.45, 2.75) is 44.7 Å². The van der Waals surface area contributed by atoms with Gasteiger partial charge in [0.15, 0.2) is 0 Å². The SMILES string of the molecule is CCC(N)Cc1c(F)cccc1N(C)C1CCOCC1. The number of halogens is 1. The first kappa shape index (κ1) is 15.3. The van der Waals surface area contributed by atoms with Gasteiger partial charge in [-0.2, -0.15) is 0 Å². The number of rotatable bonds is 5. The summed E-state index contributed by atoms with van der Waals surface area (Å²) in [5, 5.41) is 0. The zero-order chi connectivity index (χ0) is 14.5. The molecule has 0 amide bonds. The third-order valence-electron chi connectivity index (χ3n) is 4.20. The van der Waals surface area contributed by atoms with Gasteiger partial charge in [-0.3, -0.25) is 0 Å². The Balaban J connectivity index is 2.22. The van der Waals surface area contributed by atoms with E-state index in [9.17, 15) is 4.39 Å². The summed E-state index contributed by atoms with van der Waals surface area (Å²) in [6.07, 6.45) is 3.43. The van der Waals surface area contributed by atoms with Crippen molar-refractivity contribution < 1.29 is 9.13 Å². The number of anilines is 1. The van der Waals surface area contributed by atoms with Crippen molar-refractivity contribution in [1.29, 1.82) is 0 Å². The molecular formula is C16H25FN2O. The number of hydrogen-bond donors (Lipinski definition) is 1. The van der Waals surface area contributed by atoms with Gasteiger partial charge >= 0.3 is 0 Å². The largest absolute Gasteiger partial charge is 0.381 e. The molecule has 1 atom stereocenters. The van der Waals surface area contributed by atoms with Gasteiger partial charge in [-0.1, -0.05) is 13.0 Å². The fourth-order valence-electron chi connectivity index (χ4n) is 2.76. The lowest BCUT2D eigenvalue weighted by atomic mass is 9.99. The van der Waals surface area contributed by atoms with Gasteiger partial charge in [-0.15, -0.1) is 0 Å². The van der Waals surface area contributed by atoms with E-state index in [1.165, 1.54) is 6.07 Å². The molecule has 1 unspecified atom stereocenters. The molecule has 0 aliphatic carbocycles. The minimum absolute atomic E-state index is 0.00809. The normalized spacial score (nSPS) is 18.0. The van der Waals surface area contributed by atoms with Crippen molar-refractivity contribution in [3.8, 4) is 0 Å². The van der Waals surface area contributed by atoms with Gasteiger partial charge in [0.1, 0.15) is 5.82 Å². The lowest BCUT2D eigenvalue weighted by molar-refractivity contribution is 0.0854. The van der Waals surface area contributed by atoms with Gasteiger partial charge in [-0.05, 0) is 37.8 Å². The topological polar surface area (TPSA) is 38.5 Å². The number of benzene rings is 1. The highest BCUT2D eigenvalue weighted by Crippen LogP contribution is 2.28. The molecule has 20 heavy (non-hydrogen) atoms. The summed E-state index contributed by atoms with van der Waals surface area (Å²) in [4.78, 5) is 2.20. The van der Waals surface area contributed by atoms with E-state index in [1.54, 1.807) is 6.07 Å². The summed E-state index contributed by atoms with van der Waals surface area (Å²) in [6.45, 7) is 3.61. The molecule has 0 saturated carbocycles. The van der Waals surface area contributed by atoms with Crippen molar-refractivity contribution >= 4 is 5.69 Å². The highest BCUT2D eigenvalue weighted by Gasteiger charge is 2.22. The van der Waals surface area contributed by atoms with E-state index in [-0.39, 0.29) is 11.9 Å². The highest BCUT2D eigenvalue weighted by atomic mass is 19.1. The van der Waals surface area contributed by atoms with Crippen molar-refractivity contribution in [3.05, 3.63) is 29.6 Å². The fraction of sp³-hybridized carbons (Fsp3) is 0.625. The number of hydrogen-bond acceptors (Lipinski definition) is 3. The Bertz CT molecular complexity index is 432. The van der Waals surface area contributed by atoms with Crippen LogP contribution >= 0.6 is 0 Å². The Kier molecular flexibility index (Phi) is 5.38. The molecule has 0 aromatic heterocycles. The average molecular weight is 280 g/mol. The van der Waals surface area contributed by atoms with Crippen LogP contribution < -0.4 is 10.6 Å². The molecule has 2 rings (SSSR count). The van der Waals surface area contributed by atoms with E-state index in [4.69, 9.17) is 10.5 Å². The van der Waals surface area contributed by atoms with Crippen molar-refractivity contribution in [3.63, 3.8) is 0 Å². The molecule has 0 radical (unpaired) electrons. The smallest absolute Gasteiger partial charge is 0.128 e. The van der Waals surface area contributed by atoms with E-state index >= 15 is 0 Å². The van der Waals surface area contributed by atoms with Crippen LogP contribution in [0.1, 0.15) is 31.7 Å². The second-order valence-corrected chi connectivity index (χ2v) is 5.56. The van der Waals surface area contributed by atoms with Crippen LogP contribution in [0.2, 0.25) is 0 Å². The molecule has 2 N–H and O–H groups in total. The van der Waals surface area contributed by atoms with Crippen molar-refractivity contribution in [1.82, 2.24) is 0 Å². The highest BCUT2D eigenvalue weighted by molar-refractivity contribution is 5.55. The Morgan fingerprint density at radius 2 is 2.10 bits per heavy atom. The summed E-state index contributed by atoms with van der Waals surface area (Å²) in [7, 11) is 2.05. The van der Waals surface area contributed by atoms with Crippen LogP contribution in [0, 0.1) is 5.82 Å². The molecular weight excluding hydrogens is 255 g/mol. The maximum absolute atomic E-state index is 14.2. The van der Waals surface area contributed by atoms with Crippen LogP contribution in [0.15, 0.2) is 18.2 Å². The summed E-state index contributed by atoms with van der Waals surface area (Å²) in [5.41, 5.74) is 7.74. The van der Waals surface area contributed by atoms with Crippen LogP contribution in [-0.2, 0) is 11.2 Å². The first-order chi connectivity index (χ1) is 9.63. The standard InChI is InChI=1S/C16H25FN2O/c1-3-12(18)11-14-15(17)5-4-6-16(14)19(2)13-7-9-20-10-8-13/h4-6,12-13H,3,7-11,18H2,1-2H3. The lowest BCUT2D eigenvalue weighted by Crippen LogP contribution is -2.37. The molecule has 0 bridgehead atoms. The predicted octanol–water partition coefficient (Wildman–Crippen LogP) is 2.72. The van der Waals surface area contributed by atoms with Gasteiger partial charge in [0.2, 0.25) is 0 Å². The Morgan fingerprint density at radius 1 is 1.40 bits per heavy atom. The first-order valence-electron chi connectivity index (χ1n) is 7.47. The summed E-state index contributed by atoms with van der Waals surface area (Å²) in [5.74, 6) is -0.148. The third-order valence-corrected chi connectivity index (χ3v) is 4.20. The first-order valence-corrected chi connectivity index (χ1v) is 7.47. The van der Waals surface area contributed by atoms with E-state index in [0.717, 1.165) is 43.7 Å². The maximum atomic E-state index is 14.2. The molecule has 1 aliphatic heterocycles. The lowest BCUT2D eigenvalue weighted by Gasteiger charge is -2.34. The van der Waals surface area contributed by atoms with E-state index in [1.807, 2.05) is 20.0 Å². The van der Waals surface area contributed by atoms with Gasteiger partial charge in [-0.25, -0.2) is 4.39 Å². The molecule has 1 fully saturated rings. The average Bonchev–Trinajstić information content (AvgIpc) is 2.49. The monoisotopic (exact) mass is 280 g/mol. The molecule has 1 aromatic carbocycles. The van der Waals surface area contributed by atoms with Crippen molar-refractivity contribution in [2.24, 2.45) is 5.73 Å². The Morgan fingerprint density at radius 3 is 2.75 bits per heavy atom. The third kappa shape index (κ3) is 3.49. The predicted molar refractivity (Wildman–Crippen MR) is 80.6 cm³/mol. The van der Waals surface area contributed by atoms with Gasteiger partial charge < -0.3 is 15.4 Å². The molecule has 1 heterocycles.